The van der Waals surface area contributed by atoms with Crippen molar-refractivity contribution < 1.29 is 28.0 Å². The lowest BCUT2D eigenvalue weighted by Crippen LogP contribution is -2.30. The van der Waals surface area contributed by atoms with Crippen molar-refractivity contribution in [3.63, 3.8) is 0 Å². The number of nitrogens with one attached hydrogen (secondary N) is 1. The molecule has 2 aromatic heterocycles. The molecule has 0 spiro atoms. The van der Waals surface area contributed by atoms with Crippen LogP contribution in [-0.4, -0.2) is 29.9 Å². The van der Waals surface area contributed by atoms with Crippen LogP contribution >= 0.6 is 23.2 Å². The topological polar surface area (TPSA) is 102 Å². The van der Waals surface area contributed by atoms with Gasteiger partial charge < -0.3 is 18.9 Å². The van der Waals surface area contributed by atoms with Gasteiger partial charge in [0.15, 0.2) is 0 Å². The highest BCUT2D eigenvalue weighted by molar-refractivity contribution is 6.42. The predicted octanol–water partition coefficient (Wildman–Crippen LogP) is 4.73. The number of ether oxygens (including phenoxy) is 1. The number of benzene rings is 1. The number of hydrogen-bond donors (Lipinski definition) is 1. The van der Waals surface area contributed by atoms with E-state index >= 15 is 0 Å². The van der Waals surface area contributed by atoms with E-state index in [0.29, 0.717) is 27.1 Å². The molecule has 3 heterocycles. The Morgan fingerprint density at radius 3 is 2.65 bits per heavy atom. The molecule has 3 amide bonds. The number of halogens is 2. The quantitative estimate of drug-likeness (QED) is 0.335. The summed E-state index contributed by atoms with van der Waals surface area (Å²) in [5.41, 5.74) is 0.751. The maximum atomic E-state index is 12.6. The predicted molar refractivity (Wildman–Crippen MR) is 111 cm³/mol. The van der Waals surface area contributed by atoms with Crippen LogP contribution < -0.4 is 5.32 Å². The first-order valence-corrected chi connectivity index (χ1v) is 9.68. The van der Waals surface area contributed by atoms with Gasteiger partial charge in [0, 0.05) is 11.6 Å². The molecule has 0 bridgehead atoms. The number of nitrogens with zero attached hydrogens (tertiary/aromatic N) is 1. The lowest BCUT2D eigenvalue weighted by atomic mass is 10.2. The summed E-state index contributed by atoms with van der Waals surface area (Å²) < 4.78 is 15.6. The monoisotopic (exact) mass is 460 g/mol. The summed E-state index contributed by atoms with van der Waals surface area (Å²) >= 11 is 12.0. The minimum atomic E-state index is -0.653. The smallest absolute Gasteiger partial charge is 0.373 e. The van der Waals surface area contributed by atoms with Gasteiger partial charge in [-0.15, -0.1) is 0 Å². The first kappa shape index (κ1) is 20.8. The molecule has 1 aromatic carbocycles. The third-order valence-electron chi connectivity index (χ3n) is 4.44. The lowest BCUT2D eigenvalue weighted by Gasteiger charge is -2.09. The fraction of sp³-hybridized carbons (Fsp3) is 0.0952. The van der Waals surface area contributed by atoms with Gasteiger partial charge in [0.2, 0.25) is 5.76 Å². The van der Waals surface area contributed by atoms with E-state index in [4.69, 9.17) is 32.0 Å². The van der Waals surface area contributed by atoms with E-state index in [-0.39, 0.29) is 23.8 Å². The van der Waals surface area contributed by atoms with Crippen LogP contribution in [0, 0.1) is 0 Å². The van der Waals surface area contributed by atoms with Crippen molar-refractivity contribution >= 4 is 47.2 Å². The van der Waals surface area contributed by atoms with Gasteiger partial charge >= 0.3 is 12.0 Å². The van der Waals surface area contributed by atoms with Gasteiger partial charge in [-0.1, -0.05) is 23.2 Å². The van der Waals surface area contributed by atoms with E-state index in [1.807, 2.05) is 0 Å². The zero-order valence-electron chi connectivity index (χ0n) is 16.0. The third kappa shape index (κ3) is 4.21. The largest absolute Gasteiger partial charge is 0.463 e. The van der Waals surface area contributed by atoms with Crippen molar-refractivity contribution in [2.45, 2.75) is 6.54 Å². The molecule has 0 unspecified atom stereocenters. The van der Waals surface area contributed by atoms with Gasteiger partial charge in [0.05, 0.1) is 23.7 Å². The summed E-state index contributed by atoms with van der Waals surface area (Å²) in [6.07, 6.45) is 1.42. The van der Waals surface area contributed by atoms with Gasteiger partial charge in [-0.25, -0.2) is 9.59 Å². The molecule has 1 aliphatic heterocycles. The highest BCUT2D eigenvalue weighted by atomic mass is 35.5. The molecule has 1 aliphatic rings. The molecular formula is C21H14Cl2N2O6. The van der Waals surface area contributed by atoms with Crippen molar-refractivity contribution in [2.75, 3.05) is 7.11 Å². The van der Waals surface area contributed by atoms with Crippen LogP contribution in [0.2, 0.25) is 10.0 Å². The summed E-state index contributed by atoms with van der Waals surface area (Å²) in [5, 5.41) is 3.31. The number of carbonyl (C=O) groups excluding carboxylic acids is 3. The summed E-state index contributed by atoms with van der Waals surface area (Å²) in [6.45, 7) is -0.147. The molecule has 1 saturated heterocycles. The molecule has 31 heavy (non-hydrogen) atoms. The van der Waals surface area contributed by atoms with Gasteiger partial charge in [0.25, 0.3) is 5.91 Å². The number of urea groups is 1. The summed E-state index contributed by atoms with van der Waals surface area (Å²) in [4.78, 5) is 37.3. The van der Waals surface area contributed by atoms with E-state index in [1.54, 1.807) is 30.3 Å². The second kappa shape index (κ2) is 8.33. The highest BCUT2D eigenvalue weighted by Gasteiger charge is 2.34. The molecule has 0 aliphatic carbocycles. The van der Waals surface area contributed by atoms with Gasteiger partial charge in [-0.3, -0.25) is 9.69 Å². The molecule has 0 radical (unpaired) electrons. The average Bonchev–Trinajstić information content (AvgIpc) is 3.47. The Balaban J connectivity index is 1.51. The molecule has 1 N–H and O–H groups in total. The van der Waals surface area contributed by atoms with E-state index in [9.17, 15) is 14.4 Å². The molecule has 3 aromatic rings. The van der Waals surface area contributed by atoms with Crippen molar-refractivity contribution in [1.29, 1.82) is 0 Å². The second-order valence-electron chi connectivity index (χ2n) is 6.47. The number of methoxy groups -OCH3 is 1. The molecule has 8 nitrogen and oxygen atoms in total. The molecule has 1 fully saturated rings. The molecular weight excluding hydrogens is 447 g/mol. The van der Waals surface area contributed by atoms with Crippen LogP contribution in [0.3, 0.4) is 0 Å². The van der Waals surface area contributed by atoms with Gasteiger partial charge in [-0.2, -0.15) is 0 Å². The zero-order valence-corrected chi connectivity index (χ0v) is 17.5. The first-order valence-electron chi connectivity index (χ1n) is 8.92. The standard InChI is InChI=1S/C21H14Cl2N2O6/c1-29-20(27)18-7-4-13(31-18)10-25-19(26)16(24-21(25)28)9-12-3-6-17(30-12)11-2-5-14(22)15(23)8-11/h2-9H,10H2,1H3,(H,24,28). The maximum Gasteiger partial charge on any atom is 0.373 e. The number of imide groups is 1. The minimum absolute atomic E-state index is 0.0225. The van der Waals surface area contributed by atoms with E-state index < -0.39 is 17.9 Å². The first-order chi connectivity index (χ1) is 14.9. The fourth-order valence-corrected chi connectivity index (χ4v) is 3.22. The van der Waals surface area contributed by atoms with Crippen molar-refractivity contribution in [3.8, 4) is 11.3 Å². The Morgan fingerprint density at radius 2 is 1.90 bits per heavy atom. The van der Waals surface area contributed by atoms with Gasteiger partial charge in [0.1, 0.15) is 23.0 Å². The Bertz CT molecular complexity index is 1230. The number of carbonyl (C=O) groups is 3. The lowest BCUT2D eigenvalue weighted by molar-refractivity contribution is -0.123. The number of furan rings is 2. The Kier molecular flexibility index (Phi) is 5.58. The molecule has 158 valence electrons. The van der Waals surface area contributed by atoms with Crippen molar-refractivity contribution in [1.82, 2.24) is 10.2 Å². The number of rotatable bonds is 5. The Hall–Kier alpha value is -3.49. The highest BCUT2D eigenvalue weighted by Crippen LogP contribution is 2.30. The molecule has 0 saturated carbocycles. The normalized spacial score (nSPS) is 14.9. The van der Waals surface area contributed by atoms with Crippen molar-refractivity contribution in [2.24, 2.45) is 0 Å². The summed E-state index contributed by atoms with van der Waals surface area (Å²) in [5.74, 6) is -0.105. The van der Waals surface area contributed by atoms with E-state index in [2.05, 4.69) is 10.1 Å². The Labute approximate surface area is 186 Å². The third-order valence-corrected chi connectivity index (χ3v) is 5.18. The van der Waals surface area contributed by atoms with Crippen LogP contribution in [-0.2, 0) is 16.1 Å². The SMILES string of the molecule is COC(=O)c1ccc(CN2C(=O)NC(=Cc3ccc(-c4ccc(Cl)c(Cl)c4)o3)C2=O)o1. The van der Waals surface area contributed by atoms with E-state index in [0.717, 1.165) is 4.90 Å². The molecule has 4 rings (SSSR count). The number of hydrogen-bond acceptors (Lipinski definition) is 6. The van der Waals surface area contributed by atoms with Crippen molar-refractivity contribution in [3.05, 3.63) is 75.5 Å². The Morgan fingerprint density at radius 1 is 1.10 bits per heavy atom. The molecule has 10 heteroatoms. The summed E-state index contributed by atoms with van der Waals surface area (Å²) in [6, 6.07) is 10.7. The van der Waals surface area contributed by atoms with Crippen LogP contribution in [0.4, 0.5) is 4.79 Å². The molecule has 0 atom stereocenters. The fourth-order valence-electron chi connectivity index (χ4n) is 2.92. The average molecular weight is 461 g/mol. The summed E-state index contributed by atoms with van der Waals surface area (Å²) in [7, 11) is 1.22. The van der Waals surface area contributed by atoms with E-state index in [1.165, 1.54) is 25.3 Å². The zero-order chi connectivity index (χ0) is 22.1. The minimum Gasteiger partial charge on any atom is -0.463 e. The maximum absolute atomic E-state index is 12.6. The van der Waals surface area contributed by atoms with Crippen LogP contribution in [0.15, 0.2) is 57.0 Å². The van der Waals surface area contributed by atoms with Crippen LogP contribution in [0.25, 0.3) is 17.4 Å². The number of esters is 1. The number of amides is 3. The van der Waals surface area contributed by atoms with Crippen LogP contribution in [0.1, 0.15) is 22.1 Å². The van der Waals surface area contributed by atoms with Gasteiger partial charge in [-0.05, 0) is 42.5 Å². The second-order valence-corrected chi connectivity index (χ2v) is 7.28. The van der Waals surface area contributed by atoms with Crippen LogP contribution in [0.5, 0.6) is 0 Å².